The molecule has 0 radical (unpaired) electrons. The summed E-state index contributed by atoms with van der Waals surface area (Å²) in [5, 5.41) is 9.24. The van der Waals surface area contributed by atoms with E-state index in [2.05, 4.69) is 27.7 Å². The van der Waals surface area contributed by atoms with E-state index < -0.39 is 0 Å². The van der Waals surface area contributed by atoms with Crippen molar-refractivity contribution in [2.24, 2.45) is 5.41 Å². The van der Waals surface area contributed by atoms with E-state index >= 15 is 0 Å². The summed E-state index contributed by atoms with van der Waals surface area (Å²) in [7, 11) is 1.76. The summed E-state index contributed by atoms with van der Waals surface area (Å²) in [5.41, 5.74) is 7.00. The number of aliphatic hydroxyl groups excluding tert-OH is 1. The van der Waals surface area contributed by atoms with Gasteiger partial charge in [-0.2, -0.15) is 0 Å². The van der Waals surface area contributed by atoms with Gasteiger partial charge in [0.1, 0.15) is 5.75 Å². The van der Waals surface area contributed by atoms with Gasteiger partial charge in [-0.1, -0.05) is 13.8 Å². The Labute approximate surface area is 110 Å². The van der Waals surface area contributed by atoms with Crippen molar-refractivity contribution in [3.63, 3.8) is 0 Å². The van der Waals surface area contributed by atoms with E-state index in [-0.39, 0.29) is 6.61 Å². The van der Waals surface area contributed by atoms with Gasteiger partial charge in [0.25, 0.3) is 0 Å². The predicted molar refractivity (Wildman–Crippen MR) is 74.4 cm³/mol. The van der Waals surface area contributed by atoms with Crippen LogP contribution in [-0.2, 0) is 19.3 Å². The van der Waals surface area contributed by atoms with E-state index in [9.17, 15) is 5.11 Å². The monoisotopic (exact) mass is 248 g/mol. The second-order valence-corrected chi connectivity index (χ2v) is 6.21. The maximum absolute atomic E-state index is 9.24. The molecule has 2 heteroatoms. The number of ether oxygens (including phenoxy) is 1. The van der Waals surface area contributed by atoms with Crippen LogP contribution in [0.4, 0.5) is 0 Å². The van der Waals surface area contributed by atoms with Crippen LogP contribution in [0.5, 0.6) is 5.75 Å². The van der Waals surface area contributed by atoms with Crippen molar-refractivity contribution in [2.45, 2.75) is 47.0 Å². The molecule has 0 fully saturated rings. The van der Waals surface area contributed by atoms with Gasteiger partial charge in [0.15, 0.2) is 0 Å². The van der Waals surface area contributed by atoms with E-state index in [1.165, 1.54) is 27.8 Å². The largest absolute Gasteiger partial charge is 0.496 e. The molecule has 0 amide bonds. The zero-order chi connectivity index (χ0) is 13.5. The maximum Gasteiger partial charge on any atom is 0.125 e. The van der Waals surface area contributed by atoms with Crippen LogP contribution in [0.3, 0.4) is 0 Å². The highest BCUT2D eigenvalue weighted by molar-refractivity contribution is 5.57. The van der Waals surface area contributed by atoms with Gasteiger partial charge >= 0.3 is 0 Å². The molecule has 0 saturated heterocycles. The first-order valence-electron chi connectivity index (χ1n) is 6.70. The fourth-order valence-electron chi connectivity index (χ4n) is 3.40. The Morgan fingerprint density at radius 2 is 1.72 bits per heavy atom. The SMILES string of the molecule is COc1c(C)c(CCO)c(C)c2c1CC(C)(C)C2. The van der Waals surface area contributed by atoms with E-state index in [4.69, 9.17) is 4.74 Å². The first-order valence-corrected chi connectivity index (χ1v) is 6.70. The van der Waals surface area contributed by atoms with Crippen molar-refractivity contribution in [2.75, 3.05) is 13.7 Å². The summed E-state index contributed by atoms with van der Waals surface area (Å²) in [5.74, 6) is 1.05. The molecular formula is C16H24O2. The first kappa shape index (κ1) is 13.4. The Morgan fingerprint density at radius 1 is 1.11 bits per heavy atom. The highest BCUT2D eigenvalue weighted by Crippen LogP contribution is 2.45. The lowest BCUT2D eigenvalue weighted by atomic mass is 9.89. The summed E-state index contributed by atoms with van der Waals surface area (Å²) in [6, 6.07) is 0. The number of methoxy groups -OCH3 is 1. The quantitative estimate of drug-likeness (QED) is 0.891. The smallest absolute Gasteiger partial charge is 0.125 e. The van der Waals surface area contributed by atoms with Gasteiger partial charge in [0.2, 0.25) is 0 Å². The predicted octanol–water partition coefficient (Wildman–Crippen LogP) is 2.97. The van der Waals surface area contributed by atoms with Crippen molar-refractivity contribution in [3.05, 3.63) is 27.8 Å². The summed E-state index contributed by atoms with van der Waals surface area (Å²) in [4.78, 5) is 0. The van der Waals surface area contributed by atoms with Gasteiger partial charge in [0.05, 0.1) is 7.11 Å². The zero-order valence-corrected chi connectivity index (χ0v) is 12.2. The molecule has 0 heterocycles. The molecule has 1 aliphatic rings. The molecule has 0 spiro atoms. The minimum Gasteiger partial charge on any atom is -0.496 e. The average Bonchev–Trinajstić information content (AvgIpc) is 2.61. The third kappa shape index (κ3) is 2.03. The number of rotatable bonds is 3. The highest BCUT2D eigenvalue weighted by atomic mass is 16.5. The standard InChI is InChI=1S/C16H24O2/c1-10-12(6-7-17)11(2)15(18-5)14-9-16(3,4)8-13(10)14/h17H,6-9H2,1-5H3. The fourth-order valence-corrected chi connectivity index (χ4v) is 3.40. The molecule has 18 heavy (non-hydrogen) atoms. The molecule has 2 rings (SSSR count). The average molecular weight is 248 g/mol. The lowest BCUT2D eigenvalue weighted by Gasteiger charge is -2.18. The lowest BCUT2D eigenvalue weighted by molar-refractivity contribution is 0.298. The Hall–Kier alpha value is -1.02. The third-order valence-corrected chi connectivity index (χ3v) is 4.21. The summed E-state index contributed by atoms with van der Waals surface area (Å²) in [6.45, 7) is 9.13. The lowest BCUT2D eigenvalue weighted by Crippen LogP contribution is -2.10. The molecule has 1 aliphatic carbocycles. The Bertz CT molecular complexity index is 473. The molecule has 0 bridgehead atoms. The van der Waals surface area contributed by atoms with Crippen LogP contribution in [-0.4, -0.2) is 18.8 Å². The summed E-state index contributed by atoms with van der Waals surface area (Å²) in [6.07, 6.45) is 2.93. The minimum absolute atomic E-state index is 0.201. The first-order chi connectivity index (χ1) is 8.41. The van der Waals surface area contributed by atoms with Gasteiger partial charge in [-0.15, -0.1) is 0 Å². The van der Waals surface area contributed by atoms with Crippen molar-refractivity contribution in [1.82, 2.24) is 0 Å². The molecule has 0 aromatic heterocycles. The second-order valence-electron chi connectivity index (χ2n) is 6.21. The minimum atomic E-state index is 0.201. The Kier molecular flexibility index (Phi) is 3.41. The highest BCUT2D eigenvalue weighted by Gasteiger charge is 2.33. The molecule has 2 nitrogen and oxygen atoms in total. The van der Waals surface area contributed by atoms with Crippen molar-refractivity contribution in [1.29, 1.82) is 0 Å². The number of benzene rings is 1. The van der Waals surface area contributed by atoms with Crippen LogP contribution < -0.4 is 4.74 Å². The van der Waals surface area contributed by atoms with Crippen LogP contribution >= 0.6 is 0 Å². The second kappa shape index (κ2) is 4.58. The molecule has 0 atom stereocenters. The van der Waals surface area contributed by atoms with E-state index in [0.717, 1.165) is 25.0 Å². The van der Waals surface area contributed by atoms with Crippen LogP contribution in [0.2, 0.25) is 0 Å². The molecule has 1 N–H and O–H groups in total. The maximum atomic E-state index is 9.24. The molecule has 0 unspecified atom stereocenters. The van der Waals surface area contributed by atoms with Crippen molar-refractivity contribution in [3.8, 4) is 5.75 Å². The normalized spacial score (nSPS) is 16.8. The van der Waals surface area contributed by atoms with Crippen LogP contribution in [0.1, 0.15) is 41.7 Å². The van der Waals surface area contributed by atoms with E-state index in [1.54, 1.807) is 7.11 Å². The molecule has 100 valence electrons. The molecular weight excluding hydrogens is 224 g/mol. The van der Waals surface area contributed by atoms with Crippen molar-refractivity contribution < 1.29 is 9.84 Å². The van der Waals surface area contributed by atoms with Gasteiger partial charge in [-0.05, 0) is 66.3 Å². The number of aliphatic hydroxyl groups is 1. The zero-order valence-electron chi connectivity index (χ0n) is 12.2. The molecule has 1 aromatic carbocycles. The Balaban J connectivity index is 2.64. The Morgan fingerprint density at radius 3 is 2.28 bits per heavy atom. The van der Waals surface area contributed by atoms with E-state index in [0.29, 0.717) is 5.41 Å². The van der Waals surface area contributed by atoms with Gasteiger partial charge < -0.3 is 9.84 Å². The van der Waals surface area contributed by atoms with Crippen LogP contribution in [0, 0.1) is 19.3 Å². The van der Waals surface area contributed by atoms with Gasteiger partial charge in [-0.3, -0.25) is 0 Å². The third-order valence-electron chi connectivity index (χ3n) is 4.21. The number of hydrogen-bond donors (Lipinski definition) is 1. The topological polar surface area (TPSA) is 29.5 Å². The number of fused-ring (bicyclic) bond motifs is 1. The van der Waals surface area contributed by atoms with Crippen LogP contribution in [0.25, 0.3) is 0 Å². The number of hydrogen-bond acceptors (Lipinski definition) is 2. The van der Waals surface area contributed by atoms with E-state index in [1.807, 2.05) is 0 Å². The van der Waals surface area contributed by atoms with Gasteiger partial charge in [0, 0.05) is 6.61 Å². The van der Waals surface area contributed by atoms with Crippen LogP contribution in [0.15, 0.2) is 0 Å². The fraction of sp³-hybridized carbons (Fsp3) is 0.625. The molecule has 0 aliphatic heterocycles. The molecule has 0 saturated carbocycles. The summed E-state index contributed by atoms with van der Waals surface area (Å²) >= 11 is 0. The molecule has 1 aromatic rings. The van der Waals surface area contributed by atoms with Gasteiger partial charge in [-0.25, -0.2) is 0 Å². The summed E-state index contributed by atoms with van der Waals surface area (Å²) < 4.78 is 5.64. The van der Waals surface area contributed by atoms with Crippen molar-refractivity contribution >= 4 is 0 Å².